The molecule has 0 atom stereocenters. The third-order valence-corrected chi connectivity index (χ3v) is 10.6. The maximum atomic E-state index is 11.6. The van der Waals surface area contributed by atoms with E-state index in [1.165, 1.54) is 4.57 Å². The topological polar surface area (TPSA) is 38.0 Å². The van der Waals surface area contributed by atoms with Gasteiger partial charge in [0.05, 0.1) is 56.5 Å². The average molecular weight is 693 g/mol. The van der Waals surface area contributed by atoms with E-state index in [-0.39, 0.29) is 44.3 Å². The summed E-state index contributed by atoms with van der Waals surface area (Å²) in [6.45, 7) is 9.06. The van der Waals surface area contributed by atoms with Gasteiger partial charge in [-0.15, -0.1) is 0 Å². The van der Waals surface area contributed by atoms with Gasteiger partial charge in [0.1, 0.15) is 6.07 Å². The third-order valence-electron chi connectivity index (χ3n) is 10.6. The van der Waals surface area contributed by atoms with E-state index < -0.39 is 48.3 Å². The van der Waals surface area contributed by atoms with E-state index in [2.05, 4.69) is 39.7 Å². The van der Waals surface area contributed by atoms with Crippen LogP contribution in [0.1, 0.15) is 16.5 Å². The van der Waals surface area contributed by atoms with Crippen LogP contribution in [-0.2, 0) is 0 Å². The Kier molecular flexibility index (Phi) is 4.87. The third kappa shape index (κ3) is 3.94. The van der Waals surface area contributed by atoms with Crippen LogP contribution in [0.15, 0.2) is 170 Å². The minimum atomic E-state index is -0.580. The molecule has 0 spiro atoms. The normalized spacial score (nSPS) is 13.7. The van der Waals surface area contributed by atoms with Crippen molar-refractivity contribution in [2.24, 2.45) is 0 Å². The first kappa shape index (κ1) is 23.0. The Morgan fingerprint density at radius 1 is 0.481 bits per heavy atom. The Balaban J connectivity index is 1.51. The first-order chi connectivity index (χ1) is 30.1. The van der Waals surface area contributed by atoms with Gasteiger partial charge in [0.15, 0.2) is 0 Å². The van der Waals surface area contributed by atoms with Crippen molar-refractivity contribution < 1.29 is 11.0 Å². The number of para-hydroxylation sites is 2. The number of aromatic nitrogens is 2. The second-order valence-corrected chi connectivity index (χ2v) is 13.2. The molecule has 0 fully saturated rings. The molecule has 4 heteroatoms. The quantitative estimate of drug-likeness (QED) is 0.134. The van der Waals surface area contributed by atoms with Gasteiger partial charge in [-0.2, -0.15) is 5.26 Å². The molecule has 0 saturated heterocycles. The Morgan fingerprint density at radius 3 is 1.46 bits per heavy atom. The monoisotopic (exact) mass is 692 g/mol. The van der Waals surface area contributed by atoms with Crippen LogP contribution < -0.4 is 0 Å². The van der Waals surface area contributed by atoms with Gasteiger partial charge < -0.3 is 9.13 Å². The molecule has 0 amide bonds. The predicted molar refractivity (Wildman–Crippen MR) is 223 cm³/mol. The smallest absolute Gasteiger partial charge is 0.220 e. The van der Waals surface area contributed by atoms with Crippen molar-refractivity contribution in [3.63, 3.8) is 0 Å². The molecule has 0 N–H and O–H groups in total. The SMILES string of the molecule is [2H]c1c([2H])c([2H])c2c(c1[2H])c1c([2H])c([2H])c([2H])c([2H])c1n2-c1c(C#N)c(-c2ccccc2)c([N+]#[C-])c(-n2c3cccc4c5ccccc5c5cccc2c5c43)c1-c1ccccc1. The van der Waals surface area contributed by atoms with Crippen LogP contribution in [-0.4, -0.2) is 9.13 Å². The number of benzene rings is 9. The van der Waals surface area contributed by atoms with E-state index in [0.717, 1.165) is 43.4 Å². The molecule has 2 heterocycles. The molecular weight excluding hydrogens is 657 g/mol. The number of rotatable bonds is 4. The van der Waals surface area contributed by atoms with Crippen LogP contribution in [0.5, 0.6) is 0 Å². The highest BCUT2D eigenvalue weighted by atomic mass is 15.0. The number of hydrogen-bond donors (Lipinski definition) is 0. The first-order valence-corrected chi connectivity index (χ1v) is 17.4. The lowest BCUT2D eigenvalue weighted by molar-refractivity contribution is 1.13. The van der Waals surface area contributed by atoms with E-state index in [9.17, 15) is 10.7 Å². The zero-order chi connectivity index (χ0) is 42.9. The van der Waals surface area contributed by atoms with Gasteiger partial charge >= 0.3 is 0 Å². The van der Waals surface area contributed by atoms with Crippen LogP contribution in [0.25, 0.3) is 104 Å². The van der Waals surface area contributed by atoms with Gasteiger partial charge in [-0.05, 0) is 56.9 Å². The Morgan fingerprint density at radius 2 is 0.944 bits per heavy atom. The number of nitrogens with zero attached hydrogens (tertiary/aromatic N) is 4. The van der Waals surface area contributed by atoms with Crippen molar-refractivity contribution in [1.29, 1.82) is 5.26 Å². The fourth-order valence-electron chi connectivity index (χ4n) is 8.53. The lowest BCUT2D eigenvalue weighted by atomic mass is 9.88. The van der Waals surface area contributed by atoms with E-state index in [0.29, 0.717) is 22.4 Å². The van der Waals surface area contributed by atoms with Gasteiger partial charge in [-0.1, -0.05) is 145 Å². The van der Waals surface area contributed by atoms with Crippen molar-refractivity contribution in [2.45, 2.75) is 0 Å². The molecule has 11 aromatic rings. The zero-order valence-electron chi connectivity index (χ0n) is 36.3. The second kappa shape index (κ2) is 11.4. The summed E-state index contributed by atoms with van der Waals surface area (Å²) in [5.41, 5.74) is 3.57. The summed E-state index contributed by atoms with van der Waals surface area (Å²) in [6, 6.07) is 36.8. The van der Waals surface area contributed by atoms with Gasteiger partial charge in [-0.3, -0.25) is 0 Å². The molecule has 0 saturated carbocycles. The van der Waals surface area contributed by atoms with Crippen molar-refractivity contribution in [3.05, 3.63) is 187 Å². The van der Waals surface area contributed by atoms with E-state index in [1.807, 2.05) is 72.8 Å². The molecule has 11 rings (SSSR count). The van der Waals surface area contributed by atoms with Gasteiger partial charge in [0, 0.05) is 32.7 Å². The summed E-state index contributed by atoms with van der Waals surface area (Å²) in [5, 5.41) is 17.5. The van der Waals surface area contributed by atoms with Crippen LogP contribution in [0.4, 0.5) is 5.69 Å². The molecule has 0 aliphatic rings. The Bertz CT molecular complexity index is 3700. The fraction of sp³-hybridized carbons (Fsp3) is 0. The minimum absolute atomic E-state index is 0.0257. The lowest BCUT2D eigenvalue weighted by Crippen LogP contribution is -2.08. The van der Waals surface area contributed by atoms with Crippen LogP contribution in [0.3, 0.4) is 0 Å². The first-order valence-electron chi connectivity index (χ1n) is 21.4. The average Bonchev–Trinajstić information content (AvgIpc) is 3.85. The molecule has 0 radical (unpaired) electrons. The molecule has 0 unspecified atom stereocenters. The molecular formula is C50H28N4. The molecule has 4 nitrogen and oxygen atoms in total. The molecule has 0 aliphatic carbocycles. The molecule has 248 valence electrons. The maximum absolute atomic E-state index is 11.6. The van der Waals surface area contributed by atoms with Gasteiger partial charge in [0.25, 0.3) is 0 Å². The Hall–Kier alpha value is -7.66. The highest BCUT2D eigenvalue weighted by molar-refractivity contribution is 6.34. The minimum Gasteiger partial charge on any atom is -0.318 e. The largest absolute Gasteiger partial charge is 0.318 e. The molecule has 54 heavy (non-hydrogen) atoms. The molecule has 0 bridgehead atoms. The van der Waals surface area contributed by atoms with Gasteiger partial charge in [-0.25, -0.2) is 4.85 Å². The summed E-state index contributed by atoms with van der Waals surface area (Å²) < 4.78 is 76.0. The van der Waals surface area contributed by atoms with Crippen molar-refractivity contribution in [3.8, 4) is 39.7 Å². The summed E-state index contributed by atoms with van der Waals surface area (Å²) in [4.78, 5) is 4.30. The highest BCUT2D eigenvalue weighted by Crippen LogP contribution is 2.53. The Labute approximate surface area is 322 Å². The highest BCUT2D eigenvalue weighted by Gasteiger charge is 2.32. The van der Waals surface area contributed by atoms with Crippen molar-refractivity contribution in [2.75, 3.05) is 0 Å². The standard InChI is InChI=1S/C50H28N4/c1-52-48-44(31-16-4-2-5-17-31)39(30-51)49(53-40-26-12-10-22-35(40)36-23-11-13-27-41(36)53)45(32-18-6-3-7-19-32)50(48)54-42-28-14-24-37-33-20-8-9-21-34(33)38-25-15-29-43(54)47(38)46(37)42/h2-29H/i10D,11D,12D,13D,22D,23D,26D,27D. The fourth-order valence-corrected chi connectivity index (χ4v) is 8.53. The van der Waals surface area contributed by atoms with E-state index >= 15 is 0 Å². The number of nitriles is 1. The summed E-state index contributed by atoms with van der Waals surface area (Å²) in [6.07, 6.45) is 0. The molecule has 9 aromatic carbocycles. The van der Waals surface area contributed by atoms with Crippen LogP contribution >= 0.6 is 0 Å². The molecule has 2 aromatic heterocycles. The summed E-state index contributed by atoms with van der Waals surface area (Å²) >= 11 is 0. The molecule has 0 aliphatic heterocycles. The van der Waals surface area contributed by atoms with Gasteiger partial charge in [0.2, 0.25) is 5.69 Å². The summed E-state index contributed by atoms with van der Waals surface area (Å²) in [5.74, 6) is 0. The van der Waals surface area contributed by atoms with Crippen LogP contribution in [0, 0.1) is 17.9 Å². The summed E-state index contributed by atoms with van der Waals surface area (Å²) in [7, 11) is 0. The van der Waals surface area contributed by atoms with E-state index in [4.69, 9.17) is 12.1 Å². The van der Waals surface area contributed by atoms with E-state index in [1.54, 1.807) is 24.3 Å². The van der Waals surface area contributed by atoms with Crippen molar-refractivity contribution >= 4 is 70.8 Å². The number of fused-ring (bicyclic) bond motifs is 6. The second-order valence-electron chi connectivity index (χ2n) is 13.2. The van der Waals surface area contributed by atoms with Crippen molar-refractivity contribution in [1.82, 2.24) is 9.13 Å². The zero-order valence-corrected chi connectivity index (χ0v) is 28.3. The van der Waals surface area contributed by atoms with Crippen LogP contribution in [0.2, 0.25) is 0 Å². The lowest BCUT2D eigenvalue weighted by Gasteiger charge is -2.25. The predicted octanol–water partition coefficient (Wildman–Crippen LogP) is 13.4. The maximum Gasteiger partial charge on any atom is 0.220 e. The number of hydrogen-bond acceptors (Lipinski definition) is 1.